The minimum Gasteiger partial charge on any atom is -0.480 e. The van der Waals surface area contributed by atoms with E-state index in [-0.39, 0.29) is 13.1 Å². The Hall–Kier alpha value is -0.820. The highest BCUT2D eigenvalue weighted by molar-refractivity contribution is 5.69. The van der Waals surface area contributed by atoms with Gasteiger partial charge in [-0.2, -0.15) is 0 Å². The number of carbonyl (C=O) groups is 1. The minimum atomic E-state index is -4.65. The molecule has 0 heterocycles. The summed E-state index contributed by atoms with van der Waals surface area (Å²) in [6.07, 6.45) is -4.65. The van der Waals surface area contributed by atoms with Crippen LogP contribution in [0.2, 0.25) is 0 Å². The highest BCUT2D eigenvalue weighted by Crippen LogP contribution is 2.15. The van der Waals surface area contributed by atoms with Crippen LogP contribution < -0.4 is 0 Å². The Morgan fingerprint density at radius 2 is 2.07 bits per heavy atom. The highest BCUT2D eigenvalue weighted by Gasteiger charge is 2.28. The van der Waals surface area contributed by atoms with E-state index in [0.29, 0.717) is 6.54 Å². The van der Waals surface area contributed by atoms with Gasteiger partial charge in [-0.1, -0.05) is 6.92 Å². The molecule has 0 atom stereocenters. The van der Waals surface area contributed by atoms with E-state index >= 15 is 0 Å². The first kappa shape index (κ1) is 13.2. The molecule has 0 unspecified atom stereocenters. The van der Waals surface area contributed by atoms with Crippen LogP contribution in [0.4, 0.5) is 13.2 Å². The number of carboxylic acids is 1. The summed E-state index contributed by atoms with van der Waals surface area (Å²) in [5.74, 6) is -1.07. The van der Waals surface area contributed by atoms with Crippen LogP contribution in [0.3, 0.4) is 0 Å². The van der Waals surface area contributed by atoms with Crippen molar-refractivity contribution in [2.45, 2.75) is 13.3 Å². The molecule has 0 bridgehead atoms. The second kappa shape index (κ2) is 5.82. The zero-order valence-electron chi connectivity index (χ0n) is 7.67. The average molecular weight is 215 g/mol. The zero-order chi connectivity index (χ0) is 11.2. The SMILES string of the molecule is CCN(CCOC(F)(F)F)CC(=O)O. The summed E-state index contributed by atoms with van der Waals surface area (Å²) in [5, 5.41) is 8.37. The lowest BCUT2D eigenvalue weighted by molar-refractivity contribution is -0.324. The molecule has 0 fully saturated rings. The molecule has 0 aliphatic heterocycles. The molecule has 0 aromatic carbocycles. The number of likely N-dealkylation sites (N-methyl/N-ethyl adjacent to an activating group) is 1. The van der Waals surface area contributed by atoms with Gasteiger partial charge in [0.2, 0.25) is 0 Å². The molecular weight excluding hydrogens is 203 g/mol. The lowest BCUT2D eigenvalue weighted by atomic mass is 10.4. The molecule has 0 spiro atoms. The Kier molecular flexibility index (Phi) is 5.47. The van der Waals surface area contributed by atoms with Crippen LogP contribution in [-0.4, -0.2) is 48.6 Å². The van der Waals surface area contributed by atoms with Crippen molar-refractivity contribution in [3.05, 3.63) is 0 Å². The first-order valence-corrected chi connectivity index (χ1v) is 4.00. The summed E-state index contributed by atoms with van der Waals surface area (Å²) in [6.45, 7) is 1.15. The molecule has 0 amide bonds. The normalized spacial score (nSPS) is 12.1. The third-order valence-electron chi connectivity index (χ3n) is 1.48. The summed E-state index contributed by atoms with van der Waals surface area (Å²) in [4.78, 5) is 11.6. The van der Waals surface area contributed by atoms with Crippen LogP contribution in [0.25, 0.3) is 0 Å². The predicted octanol–water partition coefficient (Wildman–Crippen LogP) is 0.929. The van der Waals surface area contributed by atoms with E-state index in [1.807, 2.05) is 0 Å². The fourth-order valence-corrected chi connectivity index (χ4v) is 0.831. The number of rotatable bonds is 6. The van der Waals surface area contributed by atoms with E-state index in [1.165, 1.54) is 4.90 Å². The van der Waals surface area contributed by atoms with E-state index in [2.05, 4.69) is 4.74 Å². The maximum Gasteiger partial charge on any atom is 0.522 e. The van der Waals surface area contributed by atoms with Crippen molar-refractivity contribution < 1.29 is 27.8 Å². The summed E-state index contributed by atoms with van der Waals surface area (Å²) < 4.78 is 38.1. The maximum atomic E-state index is 11.5. The largest absolute Gasteiger partial charge is 0.522 e. The number of carboxylic acid groups (broad SMARTS) is 1. The van der Waals surface area contributed by atoms with Gasteiger partial charge in [-0.25, -0.2) is 0 Å². The van der Waals surface area contributed by atoms with Gasteiger partial charge < -0.3 is 5.11 Å². The second-order valence-electron chi connectivity index (χ2n) is 2.56. The van der Waals surface area contributed by atoms with Crippen molar-refractivity contribution >= 4 is 5.97 Å². The lowest BCUT2D eigenvalue weighted by Gasteiger charge is -2.18. The molecule has 4 nitrogen and oxygen atoms in total. The lowest BCUT2D eigenvalue weighted by Crippen LogP contribution is -2.33. The molecule has 0 aliphatic carbocycles. The fraction of sp³-hybridized carbons (Fsp3) is 0.857. The number of hydrogen-bond donors (Lipinski definition) is 1. The molecule has 7 heteroatoms. The number of hydrogen-bond acceptors (Lipinski definition) is 3. The summed E-state index contributed by atoms with van der Waals surface area (Å²) in [7, 11) is 0. The molecule has 14 heavy (non-hydrogen) atoms. The second-order valence-corrected chi connectivity index (χ2v) is 2.56. The smallest absolute Gasteiger partial charge is 0.480 e. The Balaban J connectivity index is 3.68. The Bertz CT molecular complexity index is 184. The molecule has 0 aromatic rings. The van der Waals surface area contributed by atoms with E-state index < -0.39 is 18.9 Å². The van der Waals surface area contributed by atoms with Crippen molar-refractivity contribution in [3.8, 4) is 0 Å². The molecular formula is C7H12F3NO3. The number of alkyl halides is 3. The van der Waals surface area contributed by atoms with Gasteiger partial charge in [-0.3, -0.25) is 14.4 Å². The fourth-order valence-electron chi connectivity index (χ4n) is 0.831. The molecule has 0 rings (SSSR count). The molecule has 1 N–H and O–H groups in total. The Morgan fingerprint density at radius 1 is 1.50 bits per heavy atom. The molecule has 0 aliphatic rings. The first-order chi connectivity index (χ1) is 6.35. The number of halogens is 3. The van der Waals surface area contributed by atoms with Crippen LogP contribution in [0, 0.1) is 0 Å². The van der Waals surface area contributed by atoms with Crippen molar-refractivity contribution in [3.63, 3.8) is 0 Å². The number of ether oxygens (including phenoxy) is 1. The van der Waals surface area contributed by atoms with Gasteiger partial charge in [0.1, 0.15) is 0 Å². The topological polar surface area (TPSA) is 49.8 Å². The minimum absolute atomic E-state index is 0.0533. The maximum absolute atomic E-state index is 11.5. The Morgan fingerprint density at radius 3 is 2.43 bits per heavy atom. The molecule has 0 aromatic heterocycles. The molecule has 84 valence electrons. The Labute approximate surface area is 79.3 Å². The average Bonchev–Trinajstić information content (AvgIpc) is 1.99. The van der Waals surface area contributed by atoms with Crippen molar-refractivity contribution in [1.29, 1.82) is 0 Å². The third kappa shape index (κ3) is 7.81. The number of aliphatic carboxylic acids is 1. The summed E-state index contributed by atoms with van der Waals surface area (Å²) in [6, 6.07) is 0. The van der Waals surface area contributed by atoms with Crippen LogP contribution >= 0.6 is 0 Å². The predicted molar refractivity (Wildman–Crippen MR) is 41.8 cm³/mol. The van der Waals surface area contributed by atoms with Gasteiger partial charge in [0.05, 0.1) is 13.2 Å². The highest BCUT2D eigenvalue weighted by atomic mass is 19.4. The zero-order valence-corrected chi connectivity index (χ0v) is 7.67. The van der Waals surface area contributed by atoms with Crippen LogP contribution in [0.15, 0.2) is 0 Å². The molecule has 0 saturated heterocycles. The molecule has 0 radical (unpaired) electrons. The van der Waals surface area contributed by atoms with Gasteiger partial charge in [0.25, 0.3) is 0 Å². The quantitative estimate of drug-likeness (QED) is 0.716. The van der Waals surface area contributed by atoms with Crippen LogP contribution in [0.1, 0.15) is 6.92 Å². The van der Waals surface area contributed by atoms with Crippen LogP contribution in [-0.2, 0) is 9.53 Å². The van der Waals surface area contributed by atoms with E-state index in [1.54, 1.807) is 6.92 Å². The van der Waals surface area contributed by atoms with Crippen molar-refractivity contribution in [1.82, 2.24) is 4.90 Å². The van der Waals surface area contributed by atoms with E-state index in [9.17, 15) is 18.0 Å². The number of nitrogens with zero attached hydrogens (tertiary/aromatic N) is 1. The summed E-state index contributed by atoms with van der Waals surface area (Å²) >= 11 is 0. The van der Waals surface area contributed by atoms with Crippen molar-refractivity contribution in [2.75, 3.05) is 26.2 Å². The van der Waals surface area contributed by atoms with Gasteiger partial charge in [0, 0.05) is 6.54 Å². The van der Waals surface area contributed by atoms with Gasteiger partial charge in [-0.15, -0.1) is 13.2 Å². The van der Waals surface area contributed by atoms with Crippen LogP contribution in [0.5, 0.6) is 0 Å². The van der Waals surface area contributed by atoms with E-state index in [4.69, 9.17) is 5.11 Å². The van der Waals surface area contributed by atoms with Gasteiger partial charge >= 0.3 is 12.3 Å². The van der Waals surface area contributed by atoms with Gasteiger partial charge in [-0.05, 0) is 6.54 Å². The molecule has 0 saturated carbocycles. The standard InChI is InChI=1S/C7H12F3NO3/c1-2-11(5-6(12)13)3-4-14-7(8,9)10/h2-5H2,1H3,(H,12,13). The van der Waals surface area contributed by atoms with Crippen molar-refractivity contribution in [2.24, 2.45) is 0 Å². The summed E-state index contributed by atoms with van der Waals surface area (Å²) in [5.41, 5.74) is 0. The van der Waals surface area contributed by atoms with Gasteiger partial charge in [0.15, 0.2) is 0 Å². The monoisotopic (exact) mass is 215 g/mol. The first-order valence-electron chi connectivity index (χ1n) is 4.00. The third-order valence-corrected chi connectivity index (χ3v) is 1.48. The van der Waals surface area contributed by atoms with E-state index in [0.717, 1.165) is 0 Å².